The minimum atomic E-state index is 0.0708. The summed E-state index contributed by atoms with van der Waals surface area (Å²) in [7, 11) is 0. The lowest BCUT2D eigenvalue weighted by Crippen LogP contribution is -2.19. The minimum Gasteiger partial charge on any atom is -0.394 e. The topological polar surface area (TPSA) is 64.1 Å². The van der Waals surface area contributed by atoms with E-state index >= 15 is 0 Å². The maximum atomic E-state index is 9.13. The van der Waals surface area contributed by atoms with E-state index < -0.39 is 0 Å². The molecule has 102 valence electrons. The first-order valence-corrected chi connectivity index (χ1v) is 7.06. The van der Waals surface area contributed by atoms with Crippen molar-refractivity contribution in [2.75, 3.05) is 13.2 Å². The molecule has 1 atom stereocenters. The van der Waals surface area contributed by atoms with Crippen LogP contribution in [0, 0.1) is 6.92 Å². The van der Waals surface area contributed by atoms with Crippen molar-refractivity contribution in [3.63, 3.8) is 0 Å². The van der Waals surface area contributed by atoms with Gasteiger partial charge in [0.2, 0.25) is 0 Å². The quantitative estimate of drug-likeness (QED) is 0.885. The van der Waals surface area contributed by atoms with Gasteiger partial charge >= 0.3 is 0 Å². The fourth-order valence-corrected chi connectivity index (χ4v) is 2.85. The van der Waals surface area contributed by atoms with Crippen LogP contribution in [0.3, 0.4) is 0 Å². The number of halogens is 1. The number of hydrogen-bond acceptors (Lipinski definition) is 3. The fourth-order valence-electron chi connectivity index (χ4n) is 2.28. The molecule has 4 nitrogen and oxygen atoms in total. The zero-order chi connectivity index (χ0) is 13.8. The monoisotopic (exact) mass is 323 g/mol. The molecular weight excluding hydrogens is 306 g/mol. The normalized spacial score (nSPS) is 12.6. The molecule has 19 heavy (non-hydrogen) atoms. The van der Waals surface area contributed by atoms with Crippen molar-refractivity contribution in [3.8, 4) is 0 Å². The summed E-state index contributed by atoms with van der Waals surface area (Å²) in [5, 5.41) is 13.5. The van der Waals surface area contributed by atoms with E-state index in [-0.39, 0.29) is 12.5 Å². The van der Waals surface area contributed by atoms with E-state index in [9.17, 15) is 0 Å². The van der Waals surface area contributed by atoms with Crippen molar-refractivity contribution in [1.82, 2.24) is 9.78 Å². The molecule has 2 aromatic rings. The first kappa shape index (κ1) is 14.2. The van der Waals surface area contributed by atoms with Gasteiger partial charge in [-0.05, 0) is 24.6 Å². The largest absolute Gasteiger partial charge is 0.394 e. The van der Waals surface area contributed by atoms with Crippen LogP contribution in [0.1, 0.15) is 22.9 Å². The SMILES string of the molecule is Cc1cc(C(CN)c2ccccc2Br)n(CCO)n1. The van der Waals surface area contributed by atoms with E-state index in [2.05, 4.69) is 27.1 Å². The molecule has 0 saturated carbocycles. The number of hydrogen-bond donors (Lipinski definition) is 2. The Labute approximate surface area is 121 Å². The molecule has 3 N–H and O–H groups in total. The zero-order valence-corrected chi connectivity index (χ0v) is 12.5. The number of nitrogens with zero attached hydrogens (tertiary/aromatic N) is 2. The Hall–Kier alpha value is -1.17. The molecule has 0 saturated heterocycles. The molecule has 0 aliphatic heterocycles. The molecule has 2 rings (SSSR count). The molecule has 0 spiro atoms. The van der Waals surface area contributed by atoms with Gasteiger partial charge in [0.1, 0.15) is 0 Å². The summed E-state index contributed by atoms with van der Waals surface area (Å²) >= 11 is 3.57. The van der Waals surface area contributed by atoms with Crippen LogP contribution < -0.4 is 5.73 Å². The van der Waals surface area contributed by atoms with Gasteiger partial charge in [0, 0.05) is 22.6 Å². The van der Waals surface area contributed by atoms with Gasteiger partial charge in [0.25, 0.3) is 0 Å². The summed E-state index contributed by atoms with van der Waals surface area (Å²) in [5.74, 6) is 0.0725. The molecule has 1 aromatic heterocycles. The summed E-state index contributed by atoms with van der Waals surface area (Å²) in [6.07, 6.45) is 0. The summed E-state index contributed by atoms with van der Waals surface area (Å²) in [6.45, 7) is 3.01. The molecule has 1 aromatic carbocycles. The summed E-state index contributed by atoms with van der Waals surface area (Å²) in [6, 6.07) is 10.1. The zero-order valence-electron chi connectivity index (χ0n) is 10.9. The van der Waals surface area contributed by atoms with Crippen molar-refractivity contribution < 1.29 is 5.11 Å². The predicted molar refractivity (Wildman–Crippen MR) is 79.1 cm³/mol. The smallest absolute Gasteiger partial charge is 0.0644 e. The van der Waals surface area contributed by atoms with Crippen LogP contribution in [-0.4, -0.2) is 28.0 Å². The molecular formula is C14H18BrN3O. The van der Waals surface area contributed by atoms with Crippen LogP contribution in [0.15, 0.2) is 34.8 Å². The Morgan fingerprint density at radius 2 is 2.16 bits per heavy atom. The predicted octanol–water partition coefficient (Wildman–Crippen LogP) is 2.04. The van der Waals surface area contributed by atoms with E-state index in [1.54, 1.807) is 0 Å². The van der Waals surface area contributed by atoms with E-state index in [0.29, 0.717) is 13.1 Å². The van der Waals surface area contributed by atoms with E-state index in [1.807, 2.05) is 35.9 Å². The van der Waals surface area contributed by atoms with Gasteiger partial charge in [-0.25, -0.2) is 0 Å². The van der Waals surface area contributed by atoms with Crippen molar-refractivity contribution >= 4 is 15.9 Å². The van der Waals surface area contributed by atoms with Gasteiger partial charge < -0.3 is 10.8 Å². The molecule has 0 bridgehead atoms. The van der Waals surface area contributed by atoms with Crippen LogP contribution >= 0.6 is 15.9 Å². The number of aromatic nitrogens is 2. The number of aliphatic hydroxyl groups is 1. The van der Waals surface area contributed by atoms with E-state index in [4.69, 9.17) is 10.8 Å². The van der Waals surface area contributed by atoms with Crippen LogP contribution in [-0.2, 0) is 6.54 Å². The standard InChI is InChI=1S/C14H18BrN3O/c1-10-8-14(18(17-10)6-7-19)12(9-16)11-4-2-3-5-13(11)15/h2-5,8,12,19H,6-7,9,16H2,1H3. The van der Waals surface area contributed by atoms with Crippen LogP contribution in [0.25, 0.3) is 0 Å². The Kier molecular flexibility index (Phi) is 4.74. The second kappa shape index (κ2) is 6.32. The third-order valence-electron chi connectivity index (χ3n) is 3.12. The summed E-state index contributed by atoms with van der Waals surface area (Å²) < 4.78 is 2.88. The summed E-state index contributed by atoms with van der Waals surface area (Å²) in [4.78, 5) is 0. The number of aryl methyl sites for hydroxylation is 1. The van der Waals surface area contributed by atoms with Crippen molar-refractivity contribution in [1.29, 1.82) is 0 Å². The van der Waals surface area contributed by atoms with Gasteiger partial charge in [0.15, 0.2) is 0 Å². The second-order valence-electron chi connectivity index (χ2n) is 4.47. The molecule has 0 aliphatic carbocycles. The van der Waals surface area contributed by atoms with Crippen molar-refractivity contribution in [2.24, 2.45) is 5.73 Å². The lowest BCUT2D eigenvalue weighted by Gasteiger charge is -2.18. The molecule has 0 radical (unpaired) electrons. The highest BCUT2D eigenvalue weighted by atomic mass is 79.9. The average molecular weight is 324 g/mol. The van der Waals surface area contributed by atoms with Gasteiger partial charge in [0.05, 0.1) is 18.8 Å². The van der Waals surface area contributed by atoms with Crippen molar-refractivity contribution in [2.45, 2.75) is 19.4 Å². The fraction of sp³-hybridized carbons (Fsp3) is 0.357. The number of rotatable bonds is 5. The van der Waals surface area contributed by atoms with Crippen molar-refractivity contribution in [3.05, 3.63) is 51.8 Å². The third-order valence-corrected chi connectivity index (χ3v) is 3.84. The van der Waals surface area contributed by atoms with Crippen LogP contribution in [0.5, 0.6) is 0 Å². The maximum Gasteiger partial charge on any atom is 0.0644 e. The van der Waals surface area contributed by atoms with Crippen LogP contribution in [0.2, 0.25) is 0 Å². The molecule has 0 fully saturated rings. The van der Waals surface area contributed by atoms with Gasteiger partial charge in [-0.2, -0.15) is 5.10 Å². The highest BCUT2D eigenvalue weighted by Gasteiger charge is 2.19. The van der Waals surface area contributed by atoms with Gasteiger partial charge in [-0.3, -0.25) is 4.68 Å². The lowest BCUT2D eigenvalue weighted by molar-refractivity contribution is 0.266. The maximum absolute atomic E-state index is 9.13. The van der Waals surface area contributed by atoms with Crippen LogP contribution in [0.4, 0.5) is 0 Å². The first-order chi connectivity index (χ1) is 9.17. The Morgan fingerprint density at radius 1 is 1.42 bits per heavy atom. The van der Waals surface area contributed by atoms with E-state index in [0.717, 1.165) is 21.4 Å². The van der Waals surface area contributed by atoms with Gasteiger partial charge in [-0.15, -0.1) is 0 Å². The molecule has 1 unspecified atom stereocenters. The Morgan fingerprint density at radius 3 is 2.79 bits per heavy atom. The van der Waals surface area contributed by atoms with E-state index in [1.165, 1.54) is 0 Å². The lowest BCUT2D eigenvalue weighted by atomic mass is 9.95. The Balaban J connectivity index is 2.45. The third kappa shape index (κ3) is 3.05. The summed E-state index contributed by atoms with van der Waals surface area (Å²) in [5.41, 5.74) is 9.08. The molecule has 0 aliphatic rings. The van der Waals surface area contributed by atoms with Gasteiger partial charge in [-0.1, -0.05) is 34.1 Å². The number of benzene rings is 1. The minimum absolute atomic E-state index is 0.0708. The second-order valence-corrected chi connectivity index (χ2v) is 5.32. The number of aliphatic hydroxyl groups excluding tert-OH is 1. The average Bonchev–Trinajstić information content (AvgIpc) is 2.74. The first-order valence-electron chi connectivity index (χ1n) is 6.27. The molecule has 0 amide bonds. The highest BCUT2D eigenvalue weighted by molar-refractivity contribution is 9.10. The highest BCUT2D eigenvalue weighted by Crippen LogP contribution is 2.30. The molecule has 5 heteroatoms. The molecule has 1 heterocycles. The number of nitrogens with two attached hydrogens (primary N) is 1. The Bertz CT molecular complexity index is 553.